The van der Waals surface area contributed by atoms with Gasteiger partial charge in [-0.1, -0.05) is 6.08 Å². The molecule has 0 saturated carbocycles. The molecule has 0 fully saturated rings. The van der Waals surface area contributed by atoms with Crippen molar-refractivity contribution in [2.24, 2.45) is 0 Å². The third-order valence-electron chi connectivity index (χ3n) is 0.732. The molecule has 1 unspecified atom stereocenters. The van der Waals surface area contributed by atoms with Crippen molar-refractivity contribution in [1.82, 2.24) is 0 Å². The normalized spacial score (nSPS) is 14.1. The Bertz CT molecular complexity index is 80.4. The minimum Gasteiger partial charge on any atom is -0.499 e. The van der Waals surface area contributed by atoms with Gasteiger partial charge in [0, 0.05) is 0 Å². The number of hydrogen-bond donors (Lipinski definition) is 2. The highest BCUT2D eigenvalue weighted by Gasteiger charge is 1.98. The molecule has 0 aliphatic rings. The van der Waals surface area contributed by atoms with Gasteiger partial charge in [-0.25, -0.2) is 0 Å². The van der Waals surface area contributed by atoms with E-state index < -0.39 is 6.10 Å². The number of ether oxygens (including phenoxy) is 1. The Balaban J connectivity index is 3.06. The van der Waals surface area contributed by atoms with Gasteiger partial charge in [0.05, 0.1) is 12.9 Å². The molecule has 0 aliphatic heterocycles. The summed E-state index contributed by atoms with van der Waals surface area (Å²) < 4.78 is 4.74. The van der Waals surface area contributed by atoms with Crippen LogP contribution in [0.25, 0.3) is 0 Å². The Morgan fingerprint density at radius 2 is 2.33 bits per heavy atom. The lowest BCUT2D eigenvalue weighted by molar-refractivity contribution is 0.0384. The second-order valence-electron chi connectivity index (χ2n) is 1.64. The van der Waals surface area contributed by atoms with Gasteiger partial charge in [-0.15, -0.1) is 0 Å². The first-order valence-corrected chi connectivity index (χ1v) is 2.83. The van der Waals surface area contributed by atoms with Crippen molar-refractivity contribution in [1.29, 1.82) is 0 Å². The summed E-state index contributed by atoms with van der Waals surface area (Å²) in [6.07, 6.45) is 2.42. The van der Waals surface area contributed by atoms with Gasteiger partial charge >= 0.3 is 0 Å². The van der Waals surface area contributed by atoms with Gasteiger partial charge in [0.2, 0.25) is 0 Å². The predicted molar refractivity (Wildman–Crippen MR) is 33.9 cm³/mol. The lowest BCUT2D eigenvalue weighted by atomic mass is 10.4. The van der Waals surface area contributed by atoms with Gasteiger partial charge in [-0.05, 0) is 6.92 Å². The van der Waals surface area contributed by atoms with E-state index in [-0.39, 0.29) is 13.2 Å². The minimum absolute atomic E-state index is 0.154. The van der Waals surface area contributed by atoms with Crippen molar-refractivity contribution >= 4 is 0 Å². The Kier molecular flexibility index (Phi) is 5.26. The summed E-state index contributed by atoms with van der Waals surface area (Å²) in [4.78, 5) is 0. The smallest absolute Gasteiger partial charge is 0.115 e. The predicted octanol–water partition coefficient (Wildman–Crippen LogP) is -0.110. The van der Waals surface area contributed by atoms with Crippen molar-refractivity contribution in [3.8, 4) is 0 Å². The first-order valence-electron chi connectivity index (χ1n) is 2.83. The molecule has 0 spiro atoms. The SMILES string of the molecule is C/C=C/OCC(O)CO. The van der Waals surface area contributed by atoms with E-state index in [1.807, 2.05) is 6.92 Å². The molecule has 1 atom stereocenters. The molecule has 0 amide bonds. The standard InChI is InChI=1S/C6H12O3/c1-2-3-9-5-6(8)4-7/h2-3,6-8H,4-5H2,1H3/b3-2+. The summed E-state index contributed by atoms with van der Waals surface area (Å²) in [5, 5.41) is 17.0. The van der Waals surface area contributed by atoms with Crippen LogP contribution < -0.4 is 0 Å². The van der Waals surface area contributed by atoms with Crippen LogP contribution in [0.1, 0.15) is 6.92 Å². The molecular formula is C6H12O3. The van der Waals surface area contributed by atoms with Crippen LogP contribution in [0.3, 0.4) is 0 Å². The number of aliphatic hydroxyl groups is 2. The Morgan fingerprint density at radius 3 is 2.78 bits per heavy atom. The lowest BCUT2D eigenvalue weighted by Gasteiger charge is -2.04. The fourth-order valence-corrected chi connectivity index (χ4v) is 0.316. The molecular weight excluding hydrogens is 120 g/mol. The lowest BCUT2D eigenvalue weighted by Crippen LogP contribution is -2.17. The fraction of sp³-hybridized carbons (Fsp3) is 0.667. The van der Waals surface area contributed by atoms with E-state index in [0.29, 0.717) is 0 Å². The molecule has 0 radical (unpaired) electrons. The molecule has 0 aromatic carbocycles. The van der Waals surface area contributed by atoms with E-state index in [2.05, 4.69) is 0 Å². The zero-order valence-corrected chi connectivity index (χ0v) is 5.45. The molecule has 0 aliphatic carbocycles. The summed E-state index contributed by atoms with van der Waals surface area (Å²) >= 11 is 0. The van der Waals surface area contributed by atoms with Crippen LogP contribution in [0.15, 0.2) is 12.3 Å². The average molecular weight is 132 g/mol. The Labute approximate surface area is 54.6 Å². The van der Waals surface area contributed by atoms with Gasteiger partial charge in [0.1, 0.15) is 12.7 Å². The maximum atomic E-state index is 8.68. The zero-order chi connectivity index (χ0) is 7.11. The molecule has 2 N–H and O–H groups in total. The van der Waals surface area contributed by atoms with Gasteiger partial charge in [-0.2, -0.15) is 0 Å². The number of rotatable bonds is 4. The highest BCUT2D eigenvalue weighted by atomic mass is 16.5. The van der Waals surface area contributed by atoms with Crippen LogP contribution >= 0.6 is 0 Å². The van der Waals surface area contributed by atoms with Crippen LogP contribution in [0.5, 0.6) is 0 Å². The van der Waals surface area contributed by atoms with Gasteiger partial charge in [-0.3, -0.25) is 0 Å². The molecule has 3 heteroatoms. The van der Waals surface area contributed by atoms with E-state index in [9.17, 15) is 0 Å². The molecule has 3 nitrogen and oxygen atoms in total. The molecule has 54 valence electrons. The zero-order valence-electron chi connectivity index (χ0n) is 5.45. The Hall–Kier alpha value is -0.540. The van der Waals surface area contributed by atoms with Crippen LogP contribution in [0.2, 0.25) is 0 Å². The summed E-state index contributed by atoms with van der Waals surface area (Å²) in [5.41, 5.74) is 0. The number of aliphatic hydroxyl groups excluding tert-OH is 2. The molecule has 0 heterocycles. The first-order chi connectivity index (χ1) is 4.31. The maximum absolute atomic E-state index is 8.68. The molecule has 0 saturated heterocycles. The second-order valence-corrected chi connectivity index (χ2v) is 1.64. The summed E-state index contributed by atoms with van der Waals surface area (Å²) in [5.74, 6) is 0. The second kappa shape index (κ2) is 5.59. The van der Waals surface area contributed by atoms with E-state index in [1.165, 1.54) is 6.26 Å². The van der Waals surface area contributed by atoms with Crippen LogP contribution in [0.4, 0.5) is 0 Å². The van der Waals surface area contributed by atoms with Crippen molar-refractivity contribution in [2.45, 2.75) is 13.0 Å². The molecule has 0 rings (SSSR count). The maximum Gasteiger partial charge on any atom is 0.115 e. The summed E-state index contributed by atoms with van der Waals surface area (Å²) in [6, 6.07) is 0. The van der Waals surface area contributed by atoms with Crippen molar-refractivity contribution in [3.63, 3.8) is 0 Å². The molecule has 0 aromatic rings. The van der Waals surface area contributed by atoms with Crippen molar-refractivity contribution < 1.29 is 14.9 Å². The Morgan fingerprint density at radius 1 is 1.67 bits per heavy atom. The highest BCUT2D eigenvalue weighted by Crippen LogP contribution is 1.83. The van der Waals surface area contributed by atoms with Crippen LogP contribution in [-0.4, -0.2) is 29.5 Å². The van der Waals surface area contributed by atoms with E-state index in [0.717, 1.165) is 0 Å². The largest absolute Gasteiger partial charge is 0.499 e. The van der Waals surface area contributed by atoms with E-state index >= 15 is 0 Å². The summed E-state index contributed by atoms with van der Waals surface area (Å²) in [6.45, 7) is 1.71. The molecule has 0 aromatic heterocycles. The average Bonchev–Trinajstić information content (AvgIpc) is 1.89. The van der Waals surface area contributed by atoms with Crippen LogP contribution in [0, 0.1) is 0 Å². The van der Waals surface area contributed by atoms with Crippen molar-refractivity contribution in [3.05, 3.63) is 12.3 Å². The molecule has 0 bridgehead atoms. The monoisotopic (exact) mass is 132 g/mol. The third-order valence-corrected chi connectivity index (χ3v) is 0.732. The van der Waals surface area contributed by atoms with Crippen LogP contribution in [-0.2, 0) is 4.74 Å². The first kappa shape index (κ1) is 8.46. The van der Waals surface area contributed by atoms with Crippen molar-refractivity contribution in [2.75, 3.05) is 13.2 Å². The van der Waals surface area contributed by atoms with Gasteiger partial charge < -0.3 is 14.9 Å². The van der Waals surface area contributed by atoms with Gasteiger partial charge in [0.25, 0.3) is 0 Å². The number of hydrogen-bond acceptors (Lipinski definition) is 3. The topological polar surface area (TPSA) is 49.7 Å². The van der Waals surface area contributed by atoms with E-state index in [4.69, 9.17) is 14.9 Å². The third kappa shape index (κ3) is 5.33. The minimum atomic E-state index is -0.763. The number of allylic oxidation sites excluding steroid dienone is 1. The highest BCUT2D eigenvalue weighted by molar-refractivity contribution is 4.66. The van der Waals surface area contributed by atoms with E-state index in [1.54, 1.807) is 6.08 Å². The molecule has 9 heavy (non-hydrogen) atoms. The summed E-state index contributed by atoms with van der Waals surface area (Å²) in [7, 11) is 0. The van der Waals surface area contributed by atoms with Gasteiger partial charge in [0.15, 0.2) is 0 Å². The fourth-order valence-electron chi connectivity index (χ4n) is 0.316. The quantitative estimate of drug-likeness (QED) is 0.525.